The van der Waals surface area contributed by atoms with Gasteiger partial charge in [0, 0.05) is 82.5 Å². The van der Waals surface area contributed by atoms with E-state index in [0.717, 1.165) is 78.3 Å². The third-order valence-corrected chi connectivity index (χ3v) is 15.8. The van der Waals surface area contributed by atoms with Gasteiger partial charge in [-0.05, 0) is 97.4 Å². The summed E-state index contributed by atoms with van der Waals surface area (Å²) in [7, 11) is 0. The van der Waals surface area contributed by atoms with E-state index < -0.39 is 0 Å². The molecule has 0 atom stereocenters. The molecule has 0 aliphatic heterocycles. The normalized spacial score (nSPS) is 12.0. The Morgan fingerprint density at radius 1 is 0.273 bits per heavy atom. The number of benzene rings is 11. The molecular formula is C71H46N6. The second-order valence-corrected chi connectivity index (χ2v) is 20.1. The summed E-state index contributed by atoms with van der Waals surface area (Å²) in [6.45, 7) is 2.29. The molecule has 0 unspecified atom stereocenters. The van der Waals surface area contributed by atoms with Gasteiger partial charge in [-0.2, -0.15) is 0 Å². The standard InChI is InChI=1S/C71H46N6/c1-45-42-64-67(56-35-21-34-54(68(56)77(64)50-30-15-6-16-31-50)59-44-58(46-22-7-2-8-23-46)72-71(73-59)47-24-9-3-10-25-47)70-65(45)57-43-51(38-40-62(57)76(70)49-28-13-5-14-29-49)74-61-37-20-18-33-55(61)66-63(74)41-39-53-52-32-17-19-36-60(52)75(69(53)66)48-26-11-4-12-27-48/h2-44H,1H3. The van der Waals surface area contributed by atoms with E-state index in [1.165, 1.54) is 65.3 Å². The molecule has 16 aromatic rings. The molecule has 0 saturated carbocycles. The second-order valence-electron chi connectivity index (χ2n) is 20.1. The van der Waals surface area contributed by atoms with E-state index in [9.17, 15) is 0 Å². The lowest BCUT2D eigenvalue weighted by Gasteiger charge is -2.13. The Balaban J connectivity index is 1.01. The number of hydrogen-bond donors (Lipinski definition) is 0. The maximum atomic E-state index is 5.43. The first-order valence-corrected chi connectivity index (χ1v) is 26.3. The molecule has 11 aromatic carbocycles. The first-order valence-electron chi connectivity index (χ1n) is 26.3. The average molecular weight is 983 g/mol. The minimum absolute atomic E-state index is 0.686. The van der Waals surface area contributed by atoms with Gasteiger partial charge in [0.25, 0.3) is 0 Å². The lowest BCUT2D eigenvalue weighted by molar-refractivity contribution is 1.16. The molecule has 0 fully saturated rings. The third-order valence-electron chi connectivity index (χ3n) is 15.8. The maximum absolute atomic E-state index is 5.43. The molecule has 360 valence electrons. The van der Waals surface area contributed by atoms with E-state index in [1.807, 2.05) is 6.07 Å². The summed E-state index contributed by atoms with van der Waals surface area (Å²) in [5.41, 5.74) is 19.7. The number of rotatable bonds is 7. The molecule has 6 nitrogen and oxygen atoms in total. The molecule has 0 aliphatic rings. The molecule has 6 heteroatoms. The van der Waals surface area contributed by atoms with E-state index in [2.05, 4.69) is 280 Å². The smallest absolute Gasteiger partial charge is 0.160 e. The first kappa shape index (κ1) is 43.1. The summed E-state index contributed by atoms with van der Waals surface area (Å²) in [6, 6.07) is 94.1. The molecule has 0 bridgehead atoms. The summed E-state index contributed by atoms with van der Waals surface area (Å²) >= 11 is 0. The van der Waals surface area contributed by atoms with Crippen LogP contribution in [0.4, 0.5) is 0 Å². The molecule has 0 aliphatic carbocycles. The van der Waals surface area contributed by atoms with Crippen molar-refractivity contribution in [3.8, 4) is 56.7 Å². The van der Waals surface area contributed by atoms with Crippen molar-refractivity contribution < 1.29 is 0 Å². The highest BCUT2D eigenvalue weighted by molar-refractivity contribution is 6.29. The van der Waals surface area contributed by atoms with Crippen molar-refractivity contribution in [2.45, 2.75) is 6.92 Å². The predicted molar refractivity (Wildman–Crippen MR) is 320 cm³/mol. The lowest BCUT2D eigenvalue weighted by Crippen LogP contribution is -1.99. The van der Waals surface area contributed by atoms with Gasteiger partial charge in [0.1, 0.15) is 0 Å². The zero-order valence-corrected chi connectivity index (χ0v) is 42.0. The van der Waals surface area contributed by atoms with Crippen LogP contribution in [-0.4, -0.2) is 28.2 Å². The highest BCUT2D eigenvalue weighted by Crippen LogP contribution is 2.48. The topological polar surface area (TPSA) is 45.5 Å². The second kappa shape index (κ2) is 16.9. The van der Waals surface area contributed by atoms with Gasteiger partial charge >= 0.3 is 0 Å². The Hall–Kier alpha value is -10.3. The molecule has 5 heterocycles. The van der Waals surface area contributed by atoms with Crippen LogP contribution >= 0.6 is 0 Å². The lowest BCUT2D eigenvalue weighted by atomic mass is 10.0. The Kier molecular flexibility index (Phi) is 9.45. The van der Waals surface area contributed by atoms with Crippen molar-refractivity contribution in [2.24, 2.45) is 0 Å². The Morgan fingerprint density at radius 3 is 1.45 bits per heavy atom. The summed E-state index contributed by atoms with van der Waals surface area (Å²) < 4.78 is 9.91. The molecule has 77 heavy (non-hydrogen) atoms. The van der Waals surface area contributed by atoms with Crippen LogP contribution in [0.25, 0.3) is 144 Å². The average Bonchev–Trinajstić information content (AvgIpc) is 4.24. The third kappa shape index (κ3) is 6.42. The van der Waals surface area contributed by atoms with Crippen molar-refractivity contribution in [2.75, 3.05) is 0 Å². The van der Waals surface area contributed by atoms with Gasteiger partial charge in [-0.25, -0.2) is 9.97 Å². The fraction of sp³-hybridized carbons (Fsp3) is 0.0141. The van der Waals surface area contributed by atoms with Crippen molar-refractivity contribution in [3.05, 3.63) is 266 Å². The molecule has 0 spiro atoms. The van der Waals surface area contributed by atoms with Crippen LogP contribution < -0.4 is 0 Å². The zero-order valence-electron chi connectivity index (χ0n) is 42.0. The van der Waals surface area contributed by atoms with Crippen LogP contribution in [-0.2, 0) is 0 Å². The molecule has 5 aromatic heterocycles. The van der Waals surface area contributed by atoms with E-state index in [-0.39, 0.29) is 0 Å². The molecule has 16 rings (SSSR count). The van der Waals surface area contributed by atoms with Crippen LogP contribution in [0.3, 0.4) is 0 Å². The number of nitrogens with zero attached hydrogens (tertiary/aromatic N) is 6. The summed E-state index contributed by atoms with van der Waals surface area (Å²) in [6.07, 6.45) is 0. The summed E-state index contributed by atoms with van der Waals surface area (Å²) in [5, 5.41) is 9.69. The molecule has 0 amide bonds. The minimum atomic E-state index is 0.686. The highest BCUT2D eigenvalue weighted by atomic mass is 15.0. The van der Waals surface area contributed by atoms with Crippen LogP contribution in [0.5, 0.6) is 0 Å². The quantitative estimate of drug-likeness (QED) is 0.160. The Morgan fingerprint density at radius 2 is 0.779 bits per heavy atom. The van der Waals surface area contributed by atoms with Gasteiger partial charge in [0.05, 0.1) is 55.5 Å². The molecular weight excluding hydrogens is 937 g/mol. The van der Waals surface area contributed by atoms with Crippen molar-refractivity contribution >= 4 is 87.2 Å². The summed E-state index contributed by atoms with van der Waals surface area (Å²) in [4.78, 5) is 10.6. The van der Waals surface area contributed by atoms with Crippen LogP contribution in [0, 0.1) is 6.92 Å². The number of fused-ring (bicyclic) bond motifs is 14. The van der Waals surface area contributed by atoms with Gasteiger partial charge in [-0.1, -0.05) is 176 Å². The maximum Gasteiger partial charge on any atom is 0.160 e. The molecule has 0 radical (unpaired) electrons. The molecule has 0 saturated heterocycles. The number of aryl methyl sites for hydroxylation is 1. The van der Waals surface area contributed by atoms with E-state index in [1.54, 1.807) is 0 Å². The van der Waals surface area contributed by atoms with E-state index in [0.29, 0.717) is 5.82 Å². The minimum Gasteiger partial charge on any atom is -0.309 e. The number of aromatic nitrogens is 6. The zero-order chi connectivity index (χ0) is 50.7. The monoisotopic (exact) mass is 982 g/mol. The SMILES string of the molecule is Cc1cc2c(c3cccc(-c4cc(-c5ccccc5)nc(-c5ccccc5)n4)c3n2-c2ccccc2)c2c1c1cc(-n3c4ccccc4c4c3ccc3c5ccccc5n(-c5ccccc5)c34)ccc1n2-c1ccccc1. The molecule has 0 N–H and O–H groups in total. The van der Waals surface area contributed by atoms with Crippen molar-refractivity contribution in [1.29, 1.82) is 0 Å². The van der Waals surface area contributed by atoms with Gasteiger partial charge < -0.3 is 18.3 Å². The number of para-hydroxylation sites is 6. The fourth-order valence-electron chi connectivity index (χ4n) is 12.7. The van der Waals surface area contributed by atoms with Crippen LogP contribution in [0.1, 0.15) is 5.56 Å². The van der Waals surface area contributed by atoms with Crippen molar-refractivity contribution in [1.82, 2.24) is 28.2 Å². The van der Waals surface area contributed by atoms with E-state index >= 15 is 0 Å². The van der Waals surface area contributed by atoms with Gasteiger partial charge in [-0.3, -0.25) is 0 Å². The van der Waals surface area contributed by atoms with Crippen LogP contribution in [0.15, 0.2) is 261 Å². The first-order chi connectivity index (χ1) is 38.2. The van der Waals surface area contributed by atoms with Gasteiger partial charge in [0.15, 0.2) is 5.82 Å². The van der Waals surface area contributed by atoms with Crippen molar-refractivity contribution in [3.63, 3.8) is 0 Å². The Labute approximate surface area is 443 Å². The summed E-state index contributed by atoms with van der Waals surface area (Å²) in [5.74, 6) is 0.686. The fourth-order valence-corrected chi connectivity index (χ4v) is 12.7. The van der Waals surface area contributed by atoms with Crippen LogP contribution in [0.2, 0.25) is 0 Å². The Bertz CT molecular complexity index is 4950. The highest BCUT2D eigenvalue weighted by Gasteiger charge is 2.27. The van der Waals surface area contributed by atoms with Gasteiger partial charge in [0.2, 0.25) is 0 Å². The van der Waals surface area contributed by atoms with Gasteiger partial charge in [-0.15, -0.1) is 0 Å². The van der Waals surface area contributed by atoms with E-state index in [4.69, 9.17) is 9.97 Å². The predicted octanol–water partition coefficient (Wildman–Crippen LogP) is 18.2. The number of hydrogen-bond acceptors (Lipinski definition) is 2. The largest absolute Gasteiger partial charge is 0.309 e.